The molecule has 0 radical (unpaired) electrons. The summed E-state index contributed by atoms with van der Waals surface area (Å²) in [5, 5.41) is 43.1. The number of fused-ring (bicyclic) bond motifs is 1. The fourth-order valence-electron chi connectivity index (χ4n) is 4.17. The minimum absolute atomic E-state index is 0.0642. The third-order valence-corrected chi connectivity index (χ3v) is 5.94. The maximum Gasteiger partial charge on any atom is 0.229 e. The van der Waals surface area contributed by atoms with Crippen molar-refractivity contribution in [2.45, 2.75) is 50.2 Å². The first-order chi connectivity index (χ1) is 16.2. The van der Waals surface area contributed by atoms with Crippen LogP contribution < -0.4 is 14.2 Å². The molecule has 182 valence electrons. The van der Waals surface area contributed by atoms with E-state index in [1.165, 1.54) is 19.2 Å². The van der Waals surface area contributed by atoms with Crippen LogP contribution in [0.2, 0.25) is 0 Å². The highest BCUT2D eigenvalue weighted by Crippen LogP contribution is 2.41. The third-order valence-electron chi connectivity index (χ3n) is 5.94. The molecule has 2 heterocycles. The lowest BCUT2D eigenvalue weighted by Gasteiger charge is -2.39. The van der Waals surface area contributed by atoms with Gasteiger partial charge in [0.2, 0.25) is 6.29 Å². The summed E-state index contributed by atoms with van der Waals surface area (Å²) in [5.41, 5.74) is 1.52. The van der Waals surface area contributed by atoms with Crippen molar-refractivity contribution in [2.75, 3.05) is 13.7 Å². The van der Waals surface area contributed by atoms with E-state index in [0.29, 0.717) is 22.4 Å². The highest BCUT2D eigenvalue weighted by atomic mass is 16.7. The first kappa shape index (κ1) is 23.9. The quantitative estimate of drug-likeness (QED) is 0.449. The van der Waals surface area contributed by atoms with E-state index in [1.807, 2.05) is 0 Å². The van der Waals surface area contributed by atoms with Crippen LogP contribution >= 0.6 is 0 Å². The number of nitroso groups, excluding NO2 is 1. The zero-order chi connectivity index (χ0) is 24.6. The Balaban J connectivity index is 1.59. The summed E-state index contributed by atoms with van der Waals surface area (Å²) in [4.78, 5) is 23.5. The van der Waals surface area contributed by atoms with Gasteiger partial charge in [-0.15, -0.1) is 0 Å². The Morgan fingerprint density at radius 1 is 1.12 bits per heavy atom. The van der Waals surface area contributed by atoms with Gasteiger partial charge in [-0.3, -0.25) is 4.79 Å². The Bertz CT molecular complexity index is 1090. The van der Waals surface area contributed by atoms with Gasteiger partial charge in [-0.05, 0) is 36.2 Å². The zero-order valence-corrected chi connectivity index (χ0v) is 18.5. The number of methoxy groups -OCH3 is 1. The Kier molecular flexibility index (Phi) is 6.71. The van der Waals surface area contributed by atoms with Gasteiger partial charge < -0.3 is 39.4 Å². The van der Waals surface area contributed by atoms with Crippen LogP contribution in [0.25, 0.3) is 0 Å². The molecule has 0 amide bonds. The van der Waals surface area contributed by atoms with Gasteiger partial charge in [0, 0.05) is 6.07 Å². The summed E-state index contributed by atoms with van der Waals surface area (Å²) >= 11 is 0. The molecule has 4 N–H and O–H groups in total. The first-order valence-electron chi connectivity index (χ1n) is 10.6. The van der Waals surface area contributed by atoms with Gasteiger partial charge in [-0.25, -0.2) is 0 Å². The number of ketones is 1. The molecule has 1 saturated heterocycles. The molecular formula is C23H25NO10. The van der Waals surface area contributed by atoms with Crippen LogP contribution in [-0.4, -0.2) is 70.6 Å². The van der Waals surface area contributed by atoms with Gasteiger partial charge in [0.1, 0.15) is 48.6 Å². The Morgan fingerprint density at radius 3 is 2.56 bits per heavy atom. The number of aromatic hydroxyl groups is 1. The number of ether oxygens (including phenoxy) is 4. The van der Waals surface area contributed by atoms with Gasteiger partial charge in [0.05, 0.1) is 19.1 Å². The number of rotatable bonds is 6. The highest BCUT2D eigenvalue weighted by molar-refractivity contribution is 6.01. The molecule has 2 aromatic rings. The second-order valence-corrected chi connectivity index (χ2v) is 8.22. The van der Waals surface area contributed by atoms with E-state index in [2.05, 4.69) is 5.18 Å². The van der Waals surface area contributed by atoms with Gasteiger partial charge in [0.15, 0.2) is 17.3 Å². The Labute approximate surface area is 194 Å². The molecule has 2 aliphatic heterocycles. The van der Waals surface area contributed by atoms with Gasteiger partial charge in [0.25, 0.3) is 0 Å². The average Bonchev–Trinajstić information content (AvgIpc) is 2.80. The molecule has 0 aliphatic carbocycles. The molecule has 0 spiro atoms. The zero-order valence-electron chi connectivity index (χ0n) is 18.5. The summed E-state index contributed by atoms with van der Waals surface area (Å²) in [6.45, 7) is 1.25. The molecule has 2 aliphatic rings. The largest absolute Gasteiger partial charge is 0.504 e. The maximum atomic E-state index is 12.9. The number of carbonyl (C=O) groups is 1. The number of hydrogen-bond donors (Lipinski definition) is 4. The first-order valence-corrected chi connectivity index (χ1v) is 10.6. The molecule has 4 unspecified atom stereocenters. The van der Waals surface area contributed by atoms with Crippen molar-refractivity contribution in [2.24, 2.45) is 5.18 Å². The predicted molar refractivity (Wildman–Crippen MR) is 116 cm³/mol. The molecule has 0 bridgehead atoms. The molecule has 0 saturated carbocycles. The lowest BCUT2D eigenvalue weighted by Crippen LogP contribution is -2.59. The average molecular weight is 475 g/mol. The van der Waals surface area contributed by atoms with E-state index in [4.69, 9.17) is 18.9 Å². The van der Waals surface area contributed by atoms with Crippen LogP contribution in [-0.2, 0) is 4.74 Å². The number of benzene rings is 2. The van der Waals surface area contributed by atoms with Crippen LogP contribution in [0, 0.1) is 11.8 Å². The molecule has 11 heteroatoms. The highest BCUT2D eigenvalue weighted by Gasteiger charge is 2.45. The van der Waals surface area contributed by atoms with E-state index >= 15 is 0 Å². The van der Waals surface area contributed by atoms with E-state index < -0.39 is 43.4 Å². The summed E-state index contributed by atoms with van der Waals surface area (Å²) in [5.74, 6) is 0.462. The molecule has 4 rings (SSSR count). The molecular weight excluding hydrogens is 450 g/mol. The standard InChI is InChI=1S/C23H25NO10/c1-10-5-12(32-23-22(29)21(28)20(27)18(34-23)9-24-30)7-17-19(10)14(26)8-16(33-17)11-3-4-15(31-2)13(25)6-11/h3-7,16,18,20-23,25,27-29H,8-9H2,1-2H3/t16?,18?,20-,21?,22?,23-/m1/s1. The Morgan fingerprint density at radius 2 is 1.88 bits per heavy atom. The maximum absolute atomic E-state index is 12.9. The number of phenolic OH excluding ortho intramolecular Hbond substituents is 1. The van der Waals surface area contributed by atoms with E-state index in [9.17, 15) is 30.1 Å². The normalized spacial score (nSPS) is 28.6. The van der Waals surface area contributed by atoms with Crippen molar-refractivity contribution < 1.29 is 44.2 Å². The van der Waals surface area contributed by atoms with Crippen molar-refractivity contribution in [3.8, 4) is 23.0 Å². The second kappa shape index (κ2) is 9.55. The van der Waals surface area contributed by atoms with Gasteiger partial charge in [-0.2, -0.15) is 4.91 Å². The number of aryl methyl sites for hydroxylation is 1. The van der Waals surface area contributed by atoms with Crippen molar-refractivity contribution in [3.63, 3.8) is 0 Å². The van der Waals surface area contributed by atoms with Crippen molar-refractivity contribution in [1.29, 1.82) is 0 Å². The number of aliphatic hydroxyl groups excluding tert-OH is 3. The summed E-state index contributed by atoms with van der Waals surface area (Å²) in [6.07, 6.45) is -7.90. The van der Waals surface area contributed by atoms with Crippen LogP contribution in [0.5, 0.6) is 23.0 Å². The molecule has 34 heavy (non-hydrogen) atoms. The fraction of sp³-hybridized carbons (Fsp3) is 0.435. The molecule has 11 nitrogen and oxygen atoms in total. The van der Waals surface area contributed by atoms with Crippen LogP contribution in [0.1, 0.15) is 34.0 Å². The van der Waals surface area contributed by atoms with Crippen LogP contribution in [0.3, 0.4) is 0 Å². The van der Waals surface area contributed by atoms with E-state index in [0.717, 1.165) is 0 Å². The number of nitrogens with zero attached hydrogens (tertiary/aromatic N) is 1. The van der Waals surface area contributed by atoms with E-state index in [1.54, 1.807) is 25.1 Å². The summed E-state index contributed by atoms with van der Waals surface area (Å²) in [6, 6.07) is 7.74. The smallest absolute Gasteiger partial charge is 0.229 e. The summed E-state index contributed by atoms with van der Waals surface area (Å²) < 4.78 is 22.2. The third kappa shape index (κ3) is 4.42. The van der Waals surface area contributed by atoms with Crippen molar-refractivity contribution in [3.05, 3.63) is 51.9 Å². The van der Waals surface area contributed by atoms with E-state index in [-0.39, 0.29) is 29.5 Å². The lowest BCUT2D eigenvalue weighted by molar-refractivity contribution is -0.269. The molecule has 2 aromatic carbocycles. The molecule has 1 fully saturated rings. The number of phenols is 1. The molecule has 6 atom stereocenters. The molecule has 0 aromatic heterocycles. The minimum atomic E-state index is -1.62. The fourth-order valence-corrected chi connectivity index (χ4v) is 4.17. The van der Waals surface area contributed by atoms with Crippen molar-refractivity contribution >= 4 is 5.78 Å². The number of aliphatic hydroxyl groups is 3. The summed E-state index contributed by atoms with van der Waals surface area (Å²) in [7, 11) is 1.43. The number of Topliss-reactive ketones (excluding diaryl/α,β-unsaturated/α-hetero) is 1. The number of carbonyl (C=O) groups excluding carboxylic acids is 1. The van der Waals surface area contributed by atoms with Crippen LogP contribution in [0.4, 0.5) is 0 Å². The topological polar surface area (TPSA) is 164 Å². The second-order valence-electron chi connectivity index (χ2n) is 8.22. The predicted octanol–water partition coefficient (Wildman–Crippen LogP) is 1.37. The van der Waals surface area contributed by atoms with Crippen LogP contribution in [0.15, 0.2) is 35.5 Å². The van der Waals surface area contributed by atoms with Crippen molar-refractivity contribution in [1.82, 2.24) is 0 Å². The number of hydrogen-bond acceptors (Lipinski definition) is 11. The monoisotopic (exact) mass is 475 g/mol. The SMILES string of the molecule is COc1ccc(C2CC(=O)c3c(C)cc(O[C@@H]4OC(CN=O)[C@@H](O)C(O)C4O)cc3O2)cc1O. The minimum Gasteiger partial charge on any atom is -0.504 e. The van der Waals surface area contributed by atoms with Gasteiger partial charge in [-0.1, -0.05) is 11.2 Å². The lowest BCUT2D eigenvalue weighted by atomic mass is 9.93. The van der Waals surface area contributed by atoms with Gasteiger partial charge >= 0.3 is 0 Å². The Hall–Kier alpha value is -3.25.